The van der Waals surface area contributed by atoms with Crippen molar-refractivity contribution in [3.8, 4) is 0 Å². The van der Waals surface area contributed by atoms with Crippen molar-refractivity contribution in [1.29, 1.82) is 0 Å². The molecular formula is C8H11N3O. The van der Waals surface area contributed by atoms with E-state index in [1.165, 1.54) is 12.4 Å². The Hall–Kier alpha value is -1.45. The van der Waals surface area contributed by atoms with Gasteiger partial charge in [-0.25, -0.2) is 9.97 Å². The Morgan fingerprint density at radius 2 is 2.17 bits per heavy atom. The molecule has 0 aliphatic carbocycles. The maximum atomic E-state index is 11.3. The molecule has 0 aromatic carbocycles. The van der Waals surface area contributed by atoms with Crippen molar-refractivity contribution in [2.75, 3.05) is 5.73 Å². The molecule has 0 fully saturated rings. The van der Waals surface area contributed by atoms with Crippen molar-refractivity contribution in [3.63, 3.8) is 0 Å². The summed E-state index contributed by atoms with van der Waals surface area (Å²) in [5, 5.41) is 0. The second-order valence-corrected chi connectivity index (χ2v) is 2.46. The van der Waals surface area contributed by atoms with Gasteiger partial charge in [0.15, 0.2) is 11.6 Å². The standard InChI is InChI=1S/C8H11N3O/c1-2-3-6(12)7-8(9)11-5-4-10-7/h4-5H,2-3H2,1H3,(H2,9,11). The lowest BCUT2D eigenvalue weighted by Gasteiger charge is -1.99. The molecule has 2 N–H and O–H groups in total. The average molecular weight is 165 g/mol. The van der Waals surface area contributed by atoms with Gasteiger partial charge in [-0.1, -0.05) is 6.92 Å². The molecule has 0 aliphatic heterocycles. The predicted molar refractivity (Wildman–Crippen MR) is 45.7 cm³/mol. The van der Waals surface area contributed by atoms with Gasteiger partial charge in [-0.05, 0) is 6.42 Å². The summed E-state index contributed by atoms with van der Waals surface area (Å²) in [6.07, 6.45) is 4.22. The van der Waals surface area contributed by atoms with Crippen LogP contribution in [0.4, 0.5) is 5.82 Å². The number of aromatic nitrogens is 2. The number of Topliss-reactive ketones (excluding diaryl/α,β-unsaturated/α-hetero) is 1. The zero-order valence-electron chi connectivity index (χ0n) is 6.95. The van der Waals surface area contributed by atoms with Crippen molar-refractivity contribution in [1.82, 2.24) is 9.97 Å². The van der Waals surface area contributed by atoms with E-state index in [9.17, 15) is 4.79 Å². The maximum Gasteiger partial charge on any atom is 0.184 e. The predicted octanol–water partition coefficient (Wildman–Crippen LogP) is 1.04. The first kappa shape index (κ1) is 8.64. The van der Waals surface area contributed by atoms with Gasteiger partial charge in [-0.2, -0.15) is 0 Å². The molecule has 0 bridgehead atoms. The fourth-order valence-corrected chi connectivity index (χ4v) is 0.909. The van der Waals surface area contributed by atoms with Crippen LogP contribution < -0.4 is 5.73 Å². The van der Waals surface area contributed by atoms with Crippen molar-refractivity contribution in [2.24, 2.45) is 0 Å². The van der Waals surface area contributed by atoms with Crippen molar-refractivity contribution in [2.45, 2.75) is 19.8 Å². The minimum absolute atomic E-state index is 0.0388. The van der Waals surface area contributed by atoms with Crippen LogP contribution in [0.5, 0.6) is 0 Å². The SMILES string of the molecule is CCCC(=O)c1nccnc1N. The first-order chi connectivity index (χ1) is 5.75. The summed E-state index contributed by atoms with van der Waals surface area (Å²) < 4.78 is 0. The van der Waals surface area contributed by atoms with Crippen LogP contribution in [0.2, 0.25) is 0 Å². The number of rotatable bonds is 3. The third kappa shape index (κ3) is 1.78. The molecule has 0 aliphatic rings. The number of nitrogens with zero attached hydrogens (tertiary/aromatic N) is 2. The quantitative estimate of drug-likeness (QED) is 0.679. The second kappa shape index (κ2) is 3.80. The average Bonchev–Trinajstić information content (AvgIpc) is 2.05. The summed E-state index contributed by atoms with van der Waals surface area (Å²) in [6.45, 7) is 1.93. The molecule has 4 heteroatoms. The van der Waals surface area contributed by atoms with Gasteiger partial charge in [0.2, 0.25) is 0 Å². The Kier molecular flexibility index (Phi) is 2.74. The van der Waals surface area contributed by atoms with Crippen molar-refractivity contribution < 1.29 is 4.79 Å². The summed E-state index contributed by atoms with van der Waals surface area (Å²) in [7, 11) is 0. The van der Waals surface area contributed by atoms with Gasteiger partial charge >= 0.3 is 0 Å². The number of anilines is 1. The summed E-state index contributed by atoms with van der Waals surface area (Å²) in [5.74, 6) is 0.180. The molecule has 0 saturated heterocycles. The first-order valence-corrected chi connectivity index (χ1v) is 3.85. The molecule has 1 aromatic rings. The van der Waals surface area contributed by atoms with Crippen LogP contribution >= 0.6 is 0 Å². The Bertz CT molecular complexity index is 285. The van der Waals surface area contributed by atoms with Gasteiger partial charge in [0, 0.05) is 18.8 Å². The minimum Gasteiger partial charge on any atom is -0.382 e. The van der Waals surface area contributed by atoms with E-state index < -0.39 is 0 Å². The van der Waals surface area contributed by atoms with Gasteiger partial charge in [0.05, 0.1) is 0 Å². The molecule has 0 radical (unpaired) electrons. The second-order valence-electron chi connectivity index (χ2n) is 2.46. The van der Waals surface area contributed by atoms with Gasteiger partial charge in [-0.3, -0.25) is 4.79 Å². The van der Waals surface area contributed by atoms with E-state index in [1.807, 2.05) is 6.92 Å². The third-order valence-electron chi connectivity index (χ3n) is 1.47. The third-order valence-corrected chi connectivity index (χ3v) is 1.47. The van der Waals surface area contributed by atoms with Crippen LogP contribution in [0.3, 0.4) is 0 Å². The number of ketones is 1. The largest absolute Gasteiger partial charge is 0.382 e. The van der Waals surface area contributed by atoms with E-state index in [0.29, 0.717) is 12.1 Å². The van der Waals surface area contributed by atoms with E-state index in [1.54, 1.807) is 0 Å². The van der Waals surface area contributed by atoms with E-state index in [2.05, 4.69) is 9.97 Å². The Morgan fingerprint density at radius 1 is 1.50 bits per heavy atom. The fraction of sp³-hybridized carbons (Fsp3) is 0.375. The molecule has 1 aromatic heterocycles. The number of nitrogen functional groups attached to an aromatic ring is 1. The molecule has 0 amide bonds. The summed E-state index contributed by atoms with van der Waals surface area (Å²) in [6, 6.07) is 0. The fourth-order valence-electron chi connectivity index (χ4n) is 0.909. The molecule has 0 atom stereocenters. The number of hydrogen-bond donors (Lipinski definition) is 1. The van der Waals surface area contributed by atoms with Gasteiger partial charge in [0.1, 0.15) is 5.69 Å². The Morgan fingerprint density at radius 3 is 2.75 bits per heavy atom. The van der Waals surface area contributed by atoms with E-state index in [-0.39, 0.29) is 11.6 Å². The molecule has 0 spiro atoms. The lowest BCUT2D eigenvalue weighted by Crippen LogP contribution is -2.07. The van der Waals surface area contributed by atoms with E-state index in [4.69, 9.17) is 5.73 Å². The van der Waals surface area contributed by atoms with Crippen molar-refractivity contribution in [3.05, 3.63) is 18.1 Å². The summed E-state index contributed by atoms with van der Waals surface area (Å²) >= 11 is 0. The molecule has 4 nitrogen and oxygen atoms in total. The molecule has 64 valence electrons. The van der Waals surface area contributed by atoms with Crippen molar-refractivity contribution >= 4 is 11.6 Å². The highest BCUT2D eigenvalue weighted by Gasteiger charge is 2.09. The Labute approximate surface area is 70.8 Å². The van der Waals surface area contributed by atoms with E-state index in [0.717, 1.165) is 6.42 Å². The van der Waals surface area contributed by atoms with Crippen LogP contribution in [-0.2, 0) is 0 Å². The Balaban J connectivity index is 2.87. The van der Waals surface area contributed by atoms with Gasteiger partial charge in [0.25, 0.3) is 0 Å². The summed E-state index contributed by atoms with van der Waals surface area (Å²) in [4.78, 5) is 18.9. The molecule has 12 heavy (non-hydrogen) atoms. The highest BCUT2D eigenvalue weighted by Crippen LogP contribution is 2.07. The minimum atomic E-state index is -0.0388. The lowest BCUT2D eigenvalue weighted by molar-refractivity contribution is 0.0977. The molecule has 1 rings (SSSR count). The van der Waals surface area contributed by atoms with Crippen LogP contribution in [-0.4, -0.2) is 15.8 Å². The molecule has 1 heterocycles. The zero-order valence-corrected chi connectivity index (χ0v) is 6.95. The molecule has 0 saturated carbocycles. The van der Waals surface area contributed by atoms with E-state index >= 15 is 0 Å². The van der Waals surface area contributed by atoms with Crippen LogP contribution in [0.15, 0.2) is 12.4 Å². The smallest absolute Gasteiger partial charge is 0.184 e. The maximum absolute atomic E-state index is 11.3. The lowest BCUT2D eigenvalue weighted by atomic mass is 10.2. The normalized spacial score (nSPS) is 9.75. The number of carbonyl (C=O) groups excluding carboxylic acids is 1. The molecule has 0 unspecified atom stereocenters. The van der Waals surface area contributed by atoms with Gasteiger partial charge < -0.3 is 5.73 Å². The number of hydrogen-bond acceptors (Lipinski definition) is 4. The van der Waals surface area contributed by atoms with Crippen LogP contribution in [0.25, 0.3) is 0 Å². The highest BCUT2D eigenvalue weighted by atomic mass is 16.1. The highest BCUT2D eigenvalue weighted by molar-refractivity contribution is 5.97. The van der Waals surface area contributed by atoms with Gasteiger partial charge in [-0.15, -0.1) is 0 Å². The topological polar surface area (TPSA) is 68.9 Å². The first-order valence-electron chi connectivity index (χ1n) is 3.85. The monoisotopic (exact) mass is 165 g/mol. The zero-order chi connectivity index (χ0) is 8.97. The number of carbonyl (C=O) groups is 1. The number of nitrogens with two attached hydrogens (primary N) is 1. The summed E-state index contributed by atoms with van der Waals surface area (Å²) in [5.41, 5.74) is 5.75. The molecular weight excluding hydrogens is 154 g/mol. The van der Waals surface area contributed by atoms with Crippen LogP contribution in [0, 0.1) is 0 Å². The van der Waals surface area contributed by atoms with Crippen LogP contribution in [0.1, 0.15) is 30.3 Å².